The summed E-state index contributed by atoms with van der Waals surface area (Å²) in [5.41, 5.74) is -0.872. The van der Waals surface area contributed by atoms with E-state index in [1.165, 1.54) is 12.1 Å². The van der Waals surface area contributed by atoms with Gasteiger partial charge in [-0.2, -0.15) is 0 Å². The van der Waals surface area contributed by atoms with Crippen molar-refractivity contribution in [1.29, 1.82) is 0 Å². The Morgan fingerprint density at radius 1 is 1.35 bits per heavy atom. The van der Waals surface area contributed by atoms with Gasteiger partial charge in [0.1, 0.15) is 0 Å². The number of benzene rings is 1. The molecule has 6 heteroatoms. The highest BCUT2D eigenvalue weighted by Gasteiger charge is 2.28. The van der Waals surface area contributed by atoms with E-state index in [4.69, 9.17) is 34.8 Å². The van der Waals surface area contributed by atoms with Crippen LogP contribution in [0.1, 0.15) is 37.6 Å². The molecule has 0 fully saturated rings. The highest BCUT2D eigenvalue weighted by molar-refractivity contribution is 6.46. The van der Waals surface area contributed by atoms with Crippen LogP contribution in [-0.4, -0.2) is 23.2 Å². The predicted molar refractivity (Wildman–Crippen MR) is 83.9 cm³/mol. The van der Waals surface area contributed by atoms with Crippen LogP contribution in [0.2, 0.25) is 15.1 Å². The second kappa shape index (κ2) is 6.99. The lowest BCUT2D eigenvalue weighted by molar-refractivity contribution is 0.00593. The fraction of sp³-hybridized carbons (Fsp3) is 0.500. The van der Waals surface area contributed by atoms with Gasteiger partial charge in [0.15, 0.2) is 0 Å². The topological polar surface area (TPSA) is 49.3 Å². The largest absolute Gasteiger partial charge is 0.388 e. The third-order valence-electron chi connectivity index (χ3n) is 3.55. The van der Waals surface area contributed by atoms with Crippen LogP contribution in [0.3, 0.4) is 0 Å². The van der Waals surface area contributed by atoms with Crippen LogP contribution in [0.4, 0.5) is 0 Å². The molecular weight excluding hydrogens is 321 g/mol. The van der Waals surface area contributed by atoms with E-state index < -0.39 is 11.5 Å². The molecule has 0 bridgehead atoms. The van der Waals surface area contributed by atoms with Gasteiger partial charge < -0.3 is 10.4 Å². The van der Waals surface area contributed by atoms with Crippen molar-refractivity contribution in [2.45, 2.75) is 32.8 Å². The smallest absolute Gasteiger partial charge is 0.254 e. The van der Waals surface area contributed by atoms with Crippen molar-refractivity contribution in [3.05, 3.63) is 32.8 Å². The number of halogens is 3. The Morgan fingerprint density at radius 3 is 2.45 bits per heavy atom. The molecule has 0 aliphatic rings. The molecule has 2 unspecified atom stereocenters. The quantitative estimate of drug-likeness (QED) is 0.791. The molecule has 0 aliphatic carbocycles. The van der Waals surface area contributed by atoms with Crippen LogP contribution in [0.15, 0.2) is 12.1 Å². The van der Waals surface area contributed by atoms with Crippen molar-refractivity contribution < 1.29 is 9.90 Å². The Hall–Kier alpha value is -0.480. The molecule has 0 spiro atoms. The van der Waals surface area contributed by atoms with E-state index in [1.807, 2.05) is 13.8 Å². The van der Waals surface area contributed by atoms with Crippen molar-refractivity contribution >= 4 is 40.7 Å². The number of carbonyl (C=O) groups excluding carboxylic acids is 1. The molecule has 1 amide bonds. The molecule has 0 aliphatic heterocycles. The lowest BCUT2D eigenvalue weighted by Crippen LogP contribution is -2.45. The first-order chi connectivity index (χ1) is 9.20. The van der Waals surface area contributed by atoms with Gasteiger partial charge in [-0.05, 0) is 25.0 Å². The van der Waals surface area contributed by atoms with Crippen molar-refractivity contribution in [3.63, 3.8) is 0 Å². The zero-order valence-corrected chi connectivity index (χ0v) is 13.9. The van der Waals surface area contributed by atoms with Crippen LogP contribution in [0, 0.1) is 5.92 Å². The van der Waals surface area contributed by atoms with Gasteiger partial charge in [-0.15, -0.1) is 0 Å². The Labute approximate surface area is 134 Å². The number of hydrogen-bond acceptors (Lipinski definition) is 2. The van der Waals surface area contributed by atoms with Crippen LogP contribution in [0.5, 0.6) is 0 Å². The van der Waals surface area contributed by atoms with E-state index in [-0.39, 0.29) is 33.1 Å². The maximum absolute atomic E-state index is 12.1. The van der Waals surface area contributed by atoms with Gasteiger partial charge in [0.05, 0.1) is 26.2 Å². The summed E-state index contributed by atoms with van der Waals surface area (Å²) in [4.78, 5) is 12.1. The first kappa shape index (κ1) is 17.6. The number of carbonyl (C=O) groups is 1. The first-order valence-electron chi connectivity index (χ1n) is 6.34. The lowest BCUT2D eigenvalue weighted by Gasteiger charge is -2.29. The van der Waals surface area contributed by atoms with E-state index in [0.717, 1.165) is 6.42 Å². The van der Waals surface area contributed by atoms with Crippen LogP contribution >= 0.6 is 34.8 Å². The summed E-state index contributed by atoms with van der Waals surface area (Å²) in [6.07, 6.45) is 0.807. The maximum atomic E-state index is 12.1. The molecule has 1 aromatic carbocycles. The normalized spacial score (nSPS) is 15.6. The average Bonchev–Trinajstić information content (AvgIpc) is 2.40. The van der Waals surface area contributed by atoms with Crippen molar-refractivity contribution in [2.24, 2.45) is 5.92 Å². The second-order valence-corrected chi connectivity index (χ2v) is 6.26. The maximum Gasteiger partial charge on any atom is 0.254 e. The van der Waals surface area contributed by atoms with Crippen molar-refractivity contribution in [2.75, 3.05) is 6.54 Å². The molecule has 1 rings (SSSR count). The minimum atomic E-state index is -0.998. The molecule has 0 saturated heterocycles. The Kier molecular flexibility index (Phi) is 6.14. The molecule has 0 saturated carbocycles. The van der Waals surface area contributed by atoms with E-state index in [0.29, 0.717) is 0 Å². The zero-order chi connectivity index (χ0) is 15.5. The Morgan fingerprint density at radius 2 is 1.90 bits per heavy atom. The SMILES string of the molecule is CCC(C)C(C)(O)CNC(=O)c1c(Cl)ccc(Cl)c1Cl. The van der Waals surface area contributed by atoms with E-state index in [9.17, 15) is 9.90 Å². The summed E-state index contributed by atoms with van der Waals surface area (Å²) in [6, 6.07) is 3.04. The van der Waals surface area contributed by atoms with Crippen molar-refractivity contribution in [3.8, 4) is 0 Å². The standard InChI is InChI=1S/C14H18Cl3NO2/c1-4-8(2)14(3,20)7-18-13(19)11-9(15)5-6-10(16)12(11)17/h5-6,8,20H,4,7H2,1-3H3,(H,18,19). The van der Waals surface area contributed by atoms with Gasteiger partial charge in [0.25, 0.3) is 5.91 Å². The summed E-state index contributed by atoms with van der Waals surface area (Å²) in [5.74, 6) is -0.404. The monoisotopic (exact) mass is 337 g/mol. The first-order valence-corrected chi connectivity index (χ1v) is 7.48. The third-order valence-corrected chi connectivity index (χ3v) is 4.67. The molecule has 1 aromatic rings. The number of amides is 1. The molecule has 0 radical (unpaired) electrons. The summed E-state index contributed by atoms with van der Waals surface area (Å²) in [6.45, 7) is 5.69. The highest BCUT2D eigenvalue weighted by atomic mass is 35.5. The fourth-order valence-corrected chi connectivity index (χ4v) is 2.40. The molecule has 112 valence electrons. The van der Waals surface area contributed by atoms with E-state index in [2.05, 4.69) is 5.32 Å². The molecule has 2 N–H and O–H groups in total. The van der Waals surface area contributed by atoms with Crippen molar-refractivity contribution in [1.82, 2.24) is 5.32 Å². The fourth-order valence-electron chi connectivity index (χ4n) is 1.70. The van der Waals surface area contributed by atoms with Crippen LogP contribution < -0.4 is 5.32 Å². The Bertz CT molecular complexity index is 503. The number of nitrogens with one attached hydrogen (secondary N) is 1. The Balaban J connectivity index is 2.86. The van der Waals surface area contributed by atoms with E-state index in [1.54, 1.807) is 6.92 Å². The van der Waals surface area contributed by atoms with Gasteiger partial charge in [-0.3, -0.25) is 4.79 Å². The van der Waals surface area contributed by atoms with Gasteiger partial charge in [-0.25, -0.2) is 0 Å². The van der Waals surface area contributed by atoms with Crippen LogP contribution in [-0.2, 0) is 0 Å². The summed E-state index contributed by atoms with van der Waals surface area (Å²) in [7, 11) is 0. The predicted octanol–water partition coefficient (Wildman–Crippen LogP) is 4.17. The summed E-state index contributed by atoms with van der Waals surface area (Å²) >= 11 is 17.8. The summed E-state index contributed by atoms with van der Waals surface area (Å²) in [5, 5.41) is 13.5. The zero-order valence-electron chi connectivity index (χ0n) is 11.6. The number of aliphatic hydroxyl groups is 1. The van der Waals surface area contributed by atoms with E-state index >= 15 is 0 Å². The minimum Gasteiger partial charge on any atom is -0.388 e. The molecule has 3 nitrogen and oxygen atoms in total. The van der Waals surface area contributed by atoms with Gasteiger partial charge in [0.2, 0.25) is 0 Å². The molecule has 0 aromatic heterocycles. The molecular formula is C14H18Cl3NO2. The second-order valence-electron chi connectivity index (χ2n) is 5.07. The molecule has 0 heterocycles. The van der Waals surface area contributed by atoms with Gasteiger partial charge in [-0.1, -0.05) is 55.1 Å². The highest BCUT2D eigenvalue weighted by Crippen LogP contribution is 2.31. The van der Waals surface area contributed by atoms with Gasteiger partial charge >= 0.3 is 0 Å². The minimum absolute atomic E-state index is 0.0492. The third kappa shape index (κ3) is 4.01. The average molecular weight is 339 g/mol. The molecule has 2 atom stereocenters. The van der Waals surface area contributed by atoms with Crippen LogP contribution in [0.25, 0.3) is 0 Å². The molecule has 20 heavy (non-hydrogen) atoms. The lowest BCUT2D eigenvalue weighted by atomic mass is 9.88. The number of rotatable bonds is 5. The number of hydrogen-bond donors (Lipinski definition) is 2. The summed E-state index contributed by atoms with van der Waals surface area (Å²) < 4.78 is 0. The van der Waals surface area contributed by atoms with Gasteiger partial charge in [0, 0.05) is 6.54 Å².